The van der Waals surface area contributed by atoms with Gasteiger partial charge in [0.1, 0.15) is 6.61 Å². The van der Waals surface area contributed by atoms with Crippen LogP contribution in [0, 0.1) is 26.7 Å². The molecule has 1 atom stereocenters. The summed E-state index contributed by atoms with van der Waals surface area (Å²) in [7, 11) is 1.65. The summed E-state index contributed by atoms with van der Waals surface area (Å²) in [4.78, 5) is 30.4. The van der Waals surface area contributed by atoms with E-state index in [0.29, 0.717) is 54.5 Å². The quantitative estimate of drug-likeness (QED) is 0.232. The van der Waals surface area contributed by atoms with Crippen LogP contribution in [0.3, 0.4) is 0 Å². The number of anilines is 1. The molecule has 4 rings (SSSR count). The highest BCUT2D eigenvalue weighted by molar-refractivity contribution is 5.96. The number of aryl methyl sites for hydroxylation is 3. The first-order valence-electron chi connectivity index (χ1n) is 14.7. The predicted octanol–water partition coefficient (Wildman–Crippen LogP) is 4.64. The molecule has 3 aromatic heterocycles. The molecule has 0 radical (unpaired) electrons. The normalized spacial score (nSPS) is 14.9. The number of methoxy groups -OCH3 is 1. The predicted molar refractivity (Wildman–Crippen MR) is 161 cm³/mol. The number of carbonyl (C=O) groups is 1. The van der Waals surface area contributed by atoms with Crippen LogP contribution in [0.1, 0.15) is 58.9 Å². The third-order valence-corrected chi connectivity index (χ3v) is 8.08. The molecule has 0 spiro atoms. The average Bonchev–Trinajstić information content (AvgIpc) is 2.97. The van der Waals surface area contributed by atoms with Gasteiger partial charge in [0.25, 0.3) is 5.91 Å². The number of rotatable bonds is 13. The van der Waals surface area contributed by atoms with E-state index in [9.17, 15) is 9.18 Å². The minimum absolute atomic E-state index is 0.200. The zero-order valence-corrected chi connectivity index (χ0v) is 25.4. The van der Waals surface area contributed by atoms with Crippen LogP contribution in [0.4, 0.5) is 10.1 Å². The molecule has 1 aliphatic rings. The van der Waals surface area contributed by atoms with Crippen molar-refractivity contribution in [3.63, 3.8) is 0 Å². The number of nitrogens with one attached hydrogen (secondary N) is 1. The van der Waals surface area contributed by atoms with E-state index in [1.165, 1.54) is 17.2 Å². The second-order valence-electron chi connectivity index (χ2n) is 11.0. The topological polar surface area (TPSA) is 92.7 Å². The molecule has 1 N–H and O–H groups in total. The van der Waals surface area contributed by atoms with Crippen molar-refractivity contribution in [2.45, 2.75) is 65.6 Å². The van der Waals surface area contributed by atoms with Crippen LogP contribution < -0.4 is 15.0 Å². The minimum Gasteiger partial charge on any atom is -0.475 e. The number of nitrogens with zero attached hydrogens (tertiary/aromatic N) is 5. The summed E-state index contributed by atoms with van der Waals surface area (Å²) < 4.78 is 24.3. The third kappa shape index (κ3) is 8.23. The van der Waals surface area contributed by atoms with Crippen molar-refractivity contribution in [3.8, 4) is 5.88 Å². The molecule has 4 heterocycles. The first kappa shape index (κ1) is 31.3. The van der Waals surface area contributed by atoms with Crippen LogP contribution in [0.2, 0.25) is 0 Å². The van der Waals surface area contributed by atoms with Gasteiger partial charge in [0.15, 0.2) is 0 Å². The Hall–Kier alpha value is -3.63. The first-order chi connectivity index (χ1) is 20.3. The van der Waals surface area contributed by atoms with Gasteiger partial charge >= 0.3 is 0 Å². The summed E-state index contributed by atoms with van der Waals surface area (Å²) in [6.07, 6.45) is 8.54. The Balaban J connectivity index is 1.34. The lowest BCUT2D eigenvalue weighted by Gasteiger charge is -2.42. The van der Waals surface area contributed by atoms with Crippen molar-refractivity contribution in [2.75, 3.05) is 44.9 Å². The van der Waals surface area contributed by atoms with Gasteiger partial charge in [0.2, 0.25) is 11.8 Å². The van der Waals surface area contributed by atoms with Crippen molar-refractivity contribution in [1.82, 2.24) is 25.2 Å². The molecule has 0 aliphatic carbocycles. The highest BCUT2D eigenvalue weighted by atomic mass is 19.1. The number of hydrogen-bond donors (Lipinski definition) is 1. The van der Waals surface area contributed by atoms with Crippen molar-refractivity contribution >= 4 is 11.6 Å². The molecule has 226 valence electrons. The minimum atomic E-state index is -0.562. The molecule has 0 saturated carbocycles. The number of halogens is 1. The number of ether oxygens (including phenoxy) is 2. The van der Waals surface area contributed by atoms with E-state index in [1.54, 1.807) is 21.0 Å². The summed E-state index contributed by atoms with van der Waals surface area (Å²) in [5.41, 5.74) is 4.95. The Kier molecular flexibility index (Phi) is 11.2. The van der Waals surface area contributed by atoms with Gasteiger partial charge in [-0.05, 0) is 81.8 Å². The summed E-state index contributed by atoms with van der Waals surface area (Å²) >= 11 is 0. The lowest BCUT2D eigenvalue weighted by molar-refractivity contribution is 0.0943. The highest BCUT2D eigenvalue weighted by Gasteiger charge is 2.28. The zero-order valence-electron chi connectivity index (χ0n) is 25.4. The second-order valence-corrected chi connectivity index (χ2v) is 11.0. The second kappa shape index (κ2) is 15.0. The summed E-state index contributed by atoms with van der Waals surface area (Å²) in [5.74, 6) is -0.175. The Labute approximate surface area is 248 Å². The number of hydrogen-bond acceptors (Lipinski definition) is 8. The Morgan fingerprint density at radius 2 is 1.93 bits per heavy atom. The van der Waals surface area contributed by atoms with Crippen LogP contribution in [0.5, 0.6) is 5.88 Å². The van der Waals surface area contributed by atoms with Gasteiger partial charge in [0, 0.05) is 63.8 Å². The van der Waals surface area contributed by atoms with Crippen molar-refractivity contribution in [2.24, 2.45) is 0 Å². The maximum Gasteiger partial charge on any atom is 0.253 e. The number of aromatic nitrogens is 3. The fraction of sp³-hybridized carbons (Fsp3) is 0.500. The highest BCUT2D eigenvalue weighted by Crippen LogP contribution is 2.28. The molecule has 1 aliphatic heterocycles. The summed E-state index contributed by atoms with van der Waals surface area (Å²) in [5, 5.41) is 3.01. The largest absolute Gasteiger partial charge is 0.475 e. The molecular weight excluding hydrogens is 535 g/mol. The molecule has 9 nitrogen and oxygen atoms in total. The van der Waals surface area contributed by atoms with E-state index >= 15 is 0 Å². The van der Waals surface area contributed by atoms with E-state index in [2.05, 4.69) is 56.0 Å². The van der Waals surface area contributed by atoms with Gasteiger partial charge in [-0.15, -0.1) is 0 Å². The molecule has 1 fully saturated rings. The van der Waals surface area contributed by atoms with Crippen LogP contribution in [0.25, 0.3) is 0 Å². The number of pyridine rings is 3. The van der Waals surface area contributed by atoms with E-state index in [-0.39, 0.29) is 5.91 Å². The maximum atomic E-state index is 13.5. The molecule has 0 aromatic carbocycles. The number of amides is 1. The van der Waals surface area contributed by atoms with E-state index < -0.39 is 5.95 Å². The van der Waals surface area contributed by atoms with Crippen LogP contribution >= 0.6 is 0 Å². The van der Waals surface area contributed by atoms with Crippen molar-refractivity contribution < 1.29 is 18.7 Å². The SMILES string of the molecule is COCCOc1ccc(N(Cc2cnccc2C)C2CCN([C@H](C)CCNC(=O)c3c(C)cc(F)nc3C)CC2)cn1. The van der Waals surface area contributed by atoms with Crippen LogP contribution in [-0.4, -0.2) is 77.8 Å². The van der Waals surface area contributed by atoms with Crippen LogP contribution in [-0.2, 0) is 11.3 Å². The molecule has 1 saturated heterocycles. The fourth-order valence-electron chi connectivity index (χ4n) is 5.57. The van der Waals surface area contributed by atoms with Crippen LogP contribution in [0.15, 0.2) is 42.9 Å². The number of piperidine rings is 1. The van der Waals surface area contributed by atoms with Gasteiger partial charge in [-0.25, -0.2) is 9.97 Å². The van der Waals surface area contributed by atoms with Gasteiger partial charge in [-0.1, -0.05) is 0 Å². The van der Waals surface area contributed by atoms with E-state index in [4.69, 9.17) is 9.47 Å². The smallest absolute Gasteiger partial charge is 0.253 e. The Morgan fingerprint density at radius 3 is 2.60 bits per heavy atom. The standard InChI is InChI=1S/C32H43FN6O3/c1-22-8-12-34-19-26(22)21-39(28-6-7-30(36-20-28)42-17-16-41-5)27-10-14-38(15-11-27)24(3)9-13-35-32(40)31-23(2)18-29(33)37-25(31)4/h6-8,12,18-20,24,27H,9-11,13-17,21H2,1-5H3,(H,35,40)/t24-/m1/s1. The van der Waals surface area contributed by atoms with Gasteiger partial charge in [-0.2, -0.15) is 4.39 Å². The lowest BCUT2D eigenvalue weighted by atomic mass is 9.99. The first-order valence-corrected chi connectivity index (χ1v) is 14.7. The monoisotopic (exact) mass is 578 g/mol. The third-order valence-electron chi connectivity index (χ3n) is 8.08. The van der Waals surface area contributed by atoms with E-state index in [0.717, 1.165) is 44.6 Å². The van der Waals surface area contributed by atoms with Gasteiger partial charge in [0.05, 0.1) is 29.7 Å². The fourth-order valence-corrected chi connectivity index (χ4v) is 5.57. The average molecular weight is 579 g/mol. The molecule has 0 unspecified atom stereocenters. The number of likely N-dealkylation sites (tertiary alicyclic amines) is 1. The molecule has 42 heavy (non-hydrogen) atoms. The van der Waals surface area contributed by atoms with Crippen molar-refractivity contribution in [1.29, 1.82) is 0 Å². The van der Waals surface area contributed by atoms with Gasteiger partial charge < -0.3 is 24.6 Å². The number of carbonyl (C=O) groups excluding carboxylic acids is 1. The molecule has 10 heteroatoms. The molecule has 3 aromatic rings. The summed E-state index contributed by atoms with van der Waals surface area (Å²) in [6.45, 7) is 12.0. The summed E-state index contributed by atoms with van der Waals surface area (Å²) in [6, 6.07) is 8.03. The zero-order chi connectivity index (χ0) is 30.1. The Morgan fingerprint density at radius 1 is 1.14 bits per heavy atom. The van der Waals surface area contributed by atoms with Gasteiger partial charge in [-0.3, -0.25) is 9.78 Å². The lowest BCUT2D eigenvalue weighted by Crippen LogP contribution is -2.48. The van der Waals surface area contributed by atoms with Crippen molar-refractivity contribution in [3.05, 3.63) is 76.8 Å². The van der Waals surface area contributed by atoms with E-state index in [1.807, 2.05) is 24.7 Å². The molecule has 1 amide bonds. The molecular formula is C32H43FN6O3. The maximum absolute atomic E-state index is 13.5. The Bertz CT molecular complexity index is 1290. The molecule has 0 bridgehead atoms.